The molecule has 0 amide bonds. The summed E-state index contributed by atoms with van der Waals surface area (Å²) in [7, 11) is 0. The van der Waals surface area contributed by atoms with E-state index in [1.165, 1.54) is 12.8 Å². The average Bonchev–Trinajstić information content (AvgIpc) is 2.59. The lowest BCUT2D eigenvalue weighted by Gasteiger charge is -2.17. The third kappa shape index (κ3) is 1.18. The molecule has 1 saturated carbocycles. The van der Waals surface area contributed by atoms with Crippen LogP contribution in [0, 0.1) is 0 Å². The fourth-order valence-electron chi connectivity index (χ4n) is 1.73. The zero-order valence-corrected chi connectivity index (χ0v) is 6.51. The number of nitrogens with zero attached hydrogens (tertiary/aromatic N) is 1. The Bertz CT molecular complexity index is 140. The maximum absolute atomic E-state index is 9.60. The fourth-order valence-corrected chi connectivity index (χ4v) is 1.73. The molecular weight excluding hydrogens is 126 g/mol. The molecule has 1 aliphatic heterocycles. The molecule has 0 aromatic rings. The highest BCUT2D eigenvalue weighted by Gasteiger charge is 2.38. The van der Waals surface area contributed by atoms with Gasteiger partial charge in [0.1, 0.15) is 0 Å². The Balaban J connectivity index is 1.92. The van der Waals surface area contributed by atoms with Crippen LogP contribution in [0.1, 0.15) is 26.2 Å². The first-order valence-corrected chi connectivity index (χ1v) is 4.14. The lowest BCUT2D eigenvalue weighted by Crippen LogP contribution is -2.30. The van der Waals surface area contributed by atoms with Gasteiger partial charge in [-0.25, -0.2) is 0 Å². The van der Waals surface area contributed by atoms with Crippen LogP contribution in [0.4, 0.5) is 0 Å². The zero-order valence-electron chi connectivity index (χ0n) is 6.51. The molecule has 0 aromatic heterocycles. The minimum Gasteiger partial charge on any atom is -0.389 e. The van der Waals surface area contributed by atoms with E-state index in [4.69, 9.17) is 0 Å². The molecule has 1 saturated heterocycles. The summed E-state index contributed by atoms with van der Waals surface area (Å²) in [5, 5.41) is 9.60. The number of aliphatic hydroxyl groups is 1. The summed E-state index contributed by atoms with van der Waals surface area (Å²) in [5.41, 5.74) is -0.386. The molecule has 1 atom stereocenters. The van der Waals surface area contributed by atoms with E-state index in [0.717, 1.165) is 25.6 Å². The highest BCUT2D eigenvalue weighted by Crippen LogP contribution is 2.32. The Morgan fingerprint density at radius 1 is 1.50 bits per heavy atom. The minimum atomic E-state index is -0.386. The number of likely N-dealkylation sites (tertiary alicyclic amines) is 1. The van der Waals surface area contributed by atoms with Crippen LogP contribution < -0.4 is 0 Å². The van der Waals surface area contributed by atoms with Crippen molar-refractivity contribution in [2.24, 2.45) is 0 Å². The van der Waals surface area contributed by atoms with Crippen LogP contribution in [0.25, 0.3) is 0 Å². The first-order chi connectivity index (χ1) is 4.67. The highest BCUT2D eigenvalue weighted by atomic mass is 16.3. The normalized spacial score (nSPS) is 42.6. The van der Waals surface area contributed by atoms with Crippen molar-refractivity contribution >= 4 is 0 Å². The molecule has 0 aromatic carbocycles. The second-order valence-electron chi connectivity index (χ2n) is 3.95. The molecule has 1 N–H and O–H groups in total. The molecule has 2 nitrogen and oxygen atoms in total. The van der Waals surface area contributed by atoms with Gasteiger partial charge < -0.3 is 5.11 Å². The average molecular weight is 141 g/mol. The van der Waals surface area contributed by atoms with Gasteiger partial charge in [-0.3, -0.25) is 4.90 Å². The van der Waals surface area contributed by atoms with Gasteiger partial charge in [0, 0.05) is 19.1 Å². The summed E-state index contributed by atoms with van der Waals surface area (Å²) >= 11 is 0. The maximum atomic E-state index is 9.60. The quantitative estimate of drug-likeness (QED) is 0.578. The van der Waals surface area contributed by atoms with Gasteiger partial charge in [-0.2, -0.15) is 0 Å². The summed E-state index contributed by atoms with van der Waals surface area (Å²) in [4.78, 5) is 2.42. The van der Waals surface area contributed by atoms with Crippen molar-refractivity contribution in [3.8, 4) is 0 Å². The molecule has 1 heterocycles. The molecule has 2 fully saturated rings. The third-order valence-electron chi connectivity index (χ3n) is 2.54. The molecular formula is C8H15NO. The molecule has 58 valence electrons. The number of rotatable bonds is 1. The van der Waals surface area contributed by atoms with Crippen molar-refractivity contribution in [2.75, 3.05) is 13.1 Å². The van der Waals surface area contributed by atoms with Crippen LogP contribution in [-0.2, 0) is 0 Å². The Morgan fingerprint density at radius 3 is 2.60 bits per heavy atom. The molecule has 2 heteroatoms. The molecule has 2 aliphatic rings. The Morgan fingerprint density at radius 2 is 2.20 bits per heavy atom. The Kier molecular flexibility index (Phi) is 1.29. The Labute approximate surface area is 61.8 Å². The maximum Gasteiger partial charge on any atom is 0.0758 e. The number of hydrogen-bond donors (Lipinski definition) is 1. The van der Waals surface area contributed by atoms with Gasteiger partial charge >= 0.3 is 0 Å². The molecule has 10 heavy (non-hydrogen) atoms. The van der Waals surface area contributed by atoms with E-state index in [1.807, 2.05) is 6.92 Å². The van der Waals surface area contributed by atoms with E-state index in [1.54, 1.807) is 0 Å². The molecule has 1 aliphatic carbocycles. The summed E-state index contributed by atoms with van der Waals surface area (Å²) in [6.07, 6.45) is 3.68. The molecule has 0 spiro atoms. The van der Waals surface area contributed by atoms with Crippen LogP contribution in [-0.4, -0.2) is 34.7 Å². The van der Waals surface area contributed by atoms with Crippen LogP contribution in [0.15, 0.2) is 0 Å². The predicted octanol–water partition coefficient (Wildman–Crippen LogP) is 0.605. The molecule has 0 radical (unpaired) electrons. The topological polar surface area (TPSA) is 23.5 Å². The van der Waals surface area contributed by atoms with Crippen molar-refractivity contribution in [1.29, 1.82) is 0 Å². The van der Waals surface area contributed by atoms with Gasteiger partial charge in [-0.15, -0.1) is 0 Å². The Hall–Kier alpha value is -0.0800. The second kappa shape index (κ2) is 1.95. The van der Waals surface area contributed by atoms with Gasteiger partial charge in [0.05, 0.1) is 5.60 Å². The minimum absolute atomic E-state index is 0.386. The van der Waals surface area contributed by atoms with Gasteiger partial charge in [0.15, 0.2) is 0 Å². The van der Waals surface area contributed by atoms with Gasteiger partial charge in [-0.1, -0.05) is 0 Å². The van der Waals surface area contributed by atoms with Crippen molar-refractivity contribution in [3.05, 3.63) is 0 Å². The van der Waals surface area contributed by atoms with Crippen LogP contribution in [0.3, 0.4) is 0 Å². The summed E-state index contributed by atoms with van der Waals surface area (Å²) in [6, 6.07) is 0.828. The van der Waals surface area contributed by atoms with E-state index < -0.39 is 0 Å². The summed E-state index contributed by atoms with van der Waals surface area (Å²) < 4.78 is 0. The first kappa shape index (κ1) is 6.62. The van der Waals surface area contributed by atoms with Crippen molar-refractivity contribution in [2.45, 2.75) is 37.8 Å². The smallest absolute Gasteiger partial charge is 0.0758 e. The number of β-amino-alcohol motifs (C(OH)–C–C–N with tert-alkyl or cyclic N) is 1. The van der Waals surface area contributed by atoms with E-state index in [2.05, 4.69) is 4.90 Å². The fraction of sp³-hybridized carbons (Fsp3) is 1.00. The van der Waals surface area contributed by atoms with Crippen LogP contribution >= 0.6 is 0 Å². The summed E-state index contributed by atoms with van der Waals surface area (Å²) in [6.45, 7) is 3.95. The van der Waals surface area contributed by atoms with E-state index in [-0.39, 0.29) is 5.60 Å². The van der Waals surface area contributed by atoms with Gasteiger partial charge in [0.2, 0.25) is 0 Å². The number of hydrogen-bond acceptors (Lipinski definition) is 2. The molecule has 2 rings (SSSR count). The first-order valence-electron chi connectivity index (χ1n) is 4.14. The lowest BCUT2D eigenvalue weighted by atomic mass is 10.1. The second-order valence-corrected chi connectivity index (χ2v) is 3.95. The van der Waals surface area contributed by atoms with E-state index in [0.29, 0.717) is 0 Å². The largest absolute Gasteiger partial charge is 0.389 e. The van der Waals surface area contributed by atoms with E-state index >= 15 is 0 Å². The standard InChI is InChI=1S/C8H15NO/c1-8(10)4-5-9(6-8)7-2-3-7/h7,10H,2-6H2,1H3. The molecule has 1 unspecified atom stereocenters. The van der Waals surface area contributed by atoms with Crippen molar-refractivity contribution in [1.82, 2.24) is 4.90 Å². The van der Waals surface area contributed by atoms with Gasteiger partial charge in [0.25, 0.3) is 0 Å². The van der Waals surface area contributed by atoms with Crippen molar-refractivity contribution < 1.29 is 5.11 Å². The van der Waals surface area contributed by atoms with Crippen LogP contribution in [0.5, 0.6) is 0 Å². The summed E-state index contributed by atoms with van der Waals surface area (Å²) in [5.74, 6) is 0. The zero-order chi connectivity index (χ0) is 7.19. The van der Waals surface area contributed by atoms with Crippen LogP contribution in [0.2, 0.25) is 0 Å². The third-order valence-corrected chi connectivity index (χ3v) is 2.54. The predicted molar refractivity (Wildman–Crippen MR) is 39.8 cm³/mol. The van der Waals surface area contributed by atoms with E-state index in [9.17, 15) is 5.11 Å². The lowest BCUT2D eigenvalue weighted by molar-refractivity contribution is 0.0678. The van der Waals surface area contributed by atoms with Gasteiger partial charge in [-0.05, 0) is 26.2 Å². The monoisotopic (exact) mass is 141 g/mol. The molecule has 0 bridgehead atoms. The van der Waals surface area contributed by atoms with Crippen molar-refractivity contribution in [3.63, 3.8) is 0 Å². The highest BCUT2D eigenvalue weighted by molar-refractivity contribution is 4.94. The SMILES string of the molecule is CC1(O)CCN(C2CC2)C1.